The second kappa shape index (κ2) is 10.3. The van der Waals surface area contributed by atoms with Crippen LogP contribution in [0.4, 0.5) is 0 Å². The Morgan fingerprint density at radius 3 is 2.54 bits per heavy atom. The number of benzene rings is 1. The lowest BCUT2D eigenvalue weighted by Gasteiger charge is -2.32. The molecule has 1 unspecified atom stereocenters. The topological polar surface area (TPSA) is 133 Å². The van der Waals surface area contributed by atoms with E-state index >= 15 is 0 Å². The number of fused-ring (bicyclic) bond motifs is 3. The Kier molecular flexibility index (Phi) is 7.13. The number of aryl methyl sites for hydroxylation is 1. The number of hydrogen-bond acceptors (Lipinski definition) is 8. The third kappa shape index (κ3) is 4.67. The van der Waals surface area contributed by atoms with Gasteiger partial charge in [-0.05, 0) is 58.1 Å². The Morgan fingerprint density at radius 1 is 1.26 bits per heavy atom. The van der Waals surface area contributed by atoms with E-state index in [9.17, 15) is 24.8 Å². The molecule has 5 rings (SSSR count). The smallest absolute Gasteiger partial charge is 0.333 e. The molecule has 10 nitrogen and oxygen atoms in total. The number of carboxylic acids is 1. The first kappa shape index (κ1) is 27.1. The van der Waals surface area contributed by atoms with Gasteiger partial charge in [-0.25, -0.2) is 14.2 Å². The summed E-state index contributed by atoms with van der Waals surface area (Å²) in [5.41, 5.74) is -2.19. The number of hydrogen-bond donors (Lipinski definition) is 1. The number of aliphatic carboxylic acids is 1. The van der Waals surface area contributed by atoms with Crippen molar-refractivity contribution in [2.45, 2.75) is 83.0 Å². The third-order valence-electron chi connectivity index (χ3n) is 7.83. The van der Waals surface area contributed by atoms with Gasteiger partial charge in [0.1, 0.15) is 33.2 Å². The Bertz CT molecular complexity index is 1580. The second-order valence-electron chi connectivity index (χ2n) is 10.7. The van der Waals surface area contributed by atoms with Gasteiger partial charge in [0, 0.05) is 5.56 Å². The van der Waals surface area contributed by atoms with Crippen LogP contribution in [0.2, 0.25) is 0 Å². The first-order chi connectivity index (χ1) is 18.6. The van der Waals surface area contributed by atoms with Crippen LogP contribution in [-0.2, 0) is 26.4 Å². The molecular weight excluding hydrogens is 522 g/mol. The van der Waals surface area contributed by atoms with Crippen molar-refractivity contribution < 1.29 is 24.1 Å². The number of nitrogens with zero attached hydrogens (tertiary/aromatic N) is 3. The molecule has 2 aliphatic rings. The van der Waals surface area contributed by atoms with Gasteiger partial charge in [-0.1, -0.05) is 18.2 Å². The molecule has 11 heteroatoms. The fraction of sp³-hybridized carbons (Fsp3) is 0.500. The van der Waals surface area contributed by atoms with E-state index in [1.165, 1.54) is 18.4 Å². The van der Waals surface area contributed by atoms with Gasteiger partial charge in [-0.3, -0.25) is 9.36 Å². The van der Waals surface area contributed by atoms with Crippen LogP contribution in [-0.4, -0.2) is 45.6 Å². The van der Waals surface area contributed by atoms with Gasteiger partial charge in [0.2, 0.25) is 0 Å². The van der Waals surface area contributed by atoms with Crippen molar-refractivity contribution in [2.75, 3.05) is 7.11 Å². The molecule has 2 fully saturated rings. The van der Waals surface area contributed by atoms with E-state index < -0.39 is 28.9 Å². The summed E-state index contributed by atoms with van der Waals surface area (Å²) < 4.78 is 20.5. The summed E-state index contributed by atoms with van der Waals surface area (Å²) in [5, 5.41) is 19.8. The summed E-state index contributed by atoms with van der Waals surface area (Å²) in [6, 6.07) is 9.49. The molecule has 1 aromatic carbocycles. The largest absolute Gasteiger partial charge is 0.496 e. The average molecular weight is 554 g/mol. The molecule has 0 saturated carbocycles. The van der Waals surface area contributed by atoms with E-state index in [-0.39, 0.29) is 35.1 Å². The maximum atomic E-state index is 14.0. The highest BCUT2D eigenvalue weighted by molar-refractivity contribution is 7.19. The molecule has 3 aromatic rings. The van der Waals surface area contributed by atoms with Crippen LogP contribution in [0.25, 0.3) is 10.2 Å². The fourth-order valence-electron chi connectivity index (χ4n) is 5.67. The molecule has 39 heavy (non-hydrogen) atoms. The minimum Gasteiger partial charge on any atom is -0.496 e. The highest BCUT2D eigenvalue weighted by atomic mass is 32.1. The maximum absolute atomic E-state index is 14.0. The first-order valence-electron chi connectivity index (χ1n) is 12.9. The Balaban J connectivity index is 1.70. The van der Waals surface area contributed by atoms with Crippen LogP contribution in [0.15, 0.2) is 33.9 Å². The lowest BCUT2D eigenvalue weighted by Crippen LogP contribution is -2.52. The van der Waals surface area contributed by atoms with Crippen molar-refractivity contribution in [2.24, 2.45) is 0 Å². The standard InChI is InChI=1S/C28H31N3O7S/c1-15-22(13-29)39-25-23(15)24(32)31(28(2,3)26(33)34)27(35)30(25)14-21(19-7-5-6-8-20(19)36-4)38-18-11-16-9-10-17(12-18)37-16/h5-8,16-18,21H,9-12,14H2,1-4H3,(H,33,34)/t16-,17+,18?,21-/m0/s1. The molecule has 2 aromatic heterocycles. The number of aromatic nitrogens is 2. The monoisotopic (exact) mass is 553 g/mol. The summed E-state index contributed by atoms with van der Waals surface area (Å²) in [5.74, 6) is -0.739. The van der Waals surface area contributed by atoms with Crippen molar-refractivity contribution >= 4 is 27.5 Å². The van der Waals surface area contributed by atoms with Crippen LogP contribution >= 0.6 is 11.3 Å². The van der Waals surface area contributed by atoms with Crippen molar-refractivity contribution in [1.29, 1.82) is 5.26 Å². The predicted molar refractivity (Wildman–Crippen MR) is 144 cm³/mol. The van der Waals surface area contributed by atoms with Gasteiger partial charge < -0.3 is 19.3 Å². The zero-order valence-corrected chi connectivity index (χ0v) is 23.1. The average Bonchev–Trinajstić information content (AvgIpc) is 3.43. The number of carbonyl (C=O) groups is 1. The minimum absolute atomic E-state index is 0.0107. The number of ether oxygens (including phenoxy) is 3. The lowest BCUT2D eigenvalue weighted by molar-refractivity contribution is -0.146. The van der Waals surface area contributed by atoms with Crippen LogP contribution < -0.4 is 16.0 Å². The quantitative estimate of drug-likeness (QED) is 0.447. The van der Waals surface area contributed by atoms with E-state index in [1.807, 2.05) is 24.3 Å². The normalized spacial score (nSPS) is 21.6. The van der Waals surface area contributed by atoms with Gasteiger partial charge in [0.15, 0.2) is 0 Å². The number of thiophene rings is 1. The molecular formula is C28H31N3O7S. The molecule has 0 radical (unpaired) electrons. The van der Waals surface area contributed by atoms with E-state index in [2.05, 4.69) is 6.07 Å². The van der Waals surface area contributed by atoms with Crippen LogP contribution in [0, 0.1) is 18.3 Å². The molecule has 4 atom stereocenters. The Morgan fingerprint density at radius 2 is 1.92 bits per heavy atom. The molecule has 2 bridgehead atoms. The van der Waals surface area contributed by atoms with Crippen molar-refractivity contribution in [3.05, 3.63) is 61.1 Å². The van der Waals surface area contributed by atoms with Gasteiger partial charge in [-0.2, -0.15) is 5.26 Å². The number of nitriles is 1. The molecule has 0 spiro atoms. The van der Waals surface area contributed by atoms with Gasteiger partial charge >= 0.3 is 11.7 Å². The molecule has 0 amide bonds. The highest BCUT2D eigenvalue weighted by Gasteiger charge is 2.38. The van der Waals surface area contributed by atoms with E-state index in [0.717, 1.165) is 47.2 Å². The zero-order valence-electron chi connectivity index (χ0n) is 22.3. The highest BCUT2D eigenvalue weighted by Crippen LogP contribution is 2.38. The molecule has 4 heterocycles. The fourth-order valence-corrected chi connectivity index (χ4v) is 6.77. The van der Waals surface area contributed by atoms with Crippen molar-refractivity contribution in [3.8, 4) is 11.8 Å². The Hall–Kier alpha value is -3.46. The maximum Gasteiger partial charge on any atom is 0.333 e. The van der Waals surface area contributed by atoms with E-state index in [4.69, 9.17) is 14.2 Å². The molecule has 0 aliphatic carbocycles. The molecule has 206 valence electrons. The number of para-hydroxylation sites is 1. The predicted octanol–water partition coefficient (Wildman–Crippen LogP) is 3.70. The van der Waals surface area contributed by atoms with Crippen LogP contribution in [0.5, 0.6) is 5.75 Å². The molecule has 1 N–H and O–H groups in total. The number of rotatable bonds is 8. The molecule has 2 saturated heterocycles. The minimum atomic E-state index is -1.83. The number of methoxy groups -OCH3 is 1. The van der Waals surface area contributed by atoms with E-state index in [1.54, 1.807) is 14.0 Å². The van der Waals surface area contributed by atoms with Crippen LogP contribution in [0.1, 0.15) is 61.6 Å². The molecule has 2 aliphatic heterocycles. The van der Waals surface area contributed by atoms with Crippen LogP contribution in [0.3, 0.4) is 0 Å². The summed E-state index contributed by atoms with van der Waals surface area (Å²) in [4.78, 5) is 40.3. The van der Waals surface area contributed by atoms with Crippen molar-refractivity contribution in [1.82, 2.24) is 9.13 Å². The first-order valence-corrected chi connectivity index (χ1v) is 13.7. The summed E-state index contributed by atoms with van der Waals surface area (Å²) in [6.07, 6.45) is 2.95. The summed E-state index contributed by atoms with van der Waals surface area (Å²) in [6.45, 7) is 4.25. The summed E-state index contributed by atoms with van der Waals surface area (Å²) >= 11 is 1.04. The Labute approximate surface area is 229 Å². The van der Waals surface area contributed by atoms with Gasteiger partial charge in [0.25, 0.3) is 5.56 Å². The number of carboxylic acid groups (broad SMARTS) is 1. The second-order valence-corrected chi connectivity index (χ2v) is 11.7. The van der Waals surface area contributed by atoms with E-state index in [0.29, 0.717) is 16.1 Å². The summed E-state index contributed by atoms with van der Waals surface area (Å²) in [7, 11) is 1.56. The van der Waals surface area contributed by atoms with Crippen molar-refractivity contribution in [3.63, 3.8) is 0 Å². The SMILES string of the molecule is COc1ccccc1[C@H](Cn1c(=O)n(C(C)(C)C(=O)O)c(=O)c2c(C)c(C#N)sc21)OC1C[C@H]2CC[C@@H](C1)O2. The van der Waals surface area contributed by atoms with Gasteiger partial charge in [0.05, 0.1) is 37.4 Å². The third-order valence-corrected chi connectivity index (χ3v) is 9.05. The van der Waals surface area contributed by atoms with Gasteiger partial charge in [-0.15, -0.1) is 11.3 Å². The zero-order chi connectivity index (χ0) is 28.1. The lowest BCUT2D eigenvalue weighted by atomic mass is 10.0.